The van der Waals surface area contributed by atoms with Gasteiger partial charge in [0.2, 0.25) is 0 Å². The van der Waals surface area contributed by atoms with Crippen LogP contribution in [0.1, 0.15) is 53.2 Å². The van der Waals surface area contributed by atoms with Gasteiger partial charge in [-0.25, -0.2) is 4.79 Å². The van der Waals surface area contributed by atoms with Crippen molar-refractivity contribution in [1.29, 1.82) is 0 Å². The van der Waals surface area contributed by atoms with Crippen LogP contribution in [0.25, 0.3) is 0 Å². The molecule has 0 saturated carbocycles. The number of hydrogen-bond donors (Lipinski definition) is 1. The summed E-state index contributed by atoms with van der Waals surface area (Å²) >= 11 is 0. The fourth-order valence-corrected chi connectivity index (χ4v) is 2.26. The molecule has 0 bridgehead atoms. The zero-order valence-electron chi connectivity index (χ0n) is 10.2. The first kappa shape index (κ1) is 12.0. The van der Waals surface area contributed by atoms with E-state index in [1.807, 2.05) is 6.92 Å². The van der Waals surface area contributed by atoms with E-state index in [4.69, 9.17) is 4.74 Å². The normalized spacial score (nSPS) is 18.6. The molecule has 2 rings (SSSR count). The van der Waals surface area contributed by atoms with Gasteiger partial charge in [0, 0.05) is 5.69 Å². The average molecular weight is 235 g/mol. The molecule has 0 aromatic carbocycles. The van der Waals surface area contributed by atoms with Crippen molar-refractivity contribution in [3.05, 3.63) is 28.6 Å². The van der Waals surface area contributed by atoms with E-state index < -0.39 is 6.10 Å². The van der Waals surface area contributed by atoms with Crippen molar-refractivity contribution >= 4 is 5.97 Å². The van der Waals surface area contributed by atoms with Crippen molar-refractivity contribution in [1.82, 2.24) is 4.98 Å². The number of carbonyl (C=O) groups excluding carboxylic acids is 1. The van der Waals surface area contributed by atoms with Crippen molar-refractivity contribution < 1.29 is 14.6 Å². The molecule has 4 heteroatoms. The summed E-state index contributed by atoms with van der Waals surface area (Å²) in [5, 5.41) is 9.91. The number of aryl methyl sites for hydroxylation is 1. The number of esters is 1. The van der Waals surface area contributed by atoms with Crippen molar-refractivity contribution in [2.45, 2.75) is 39.2 Å². The van der Waals surface area contributed by atoms with Crippen LogP contribution in [0.2, 0.25) is 0 Å². The predicted molar refractivity (Wildman–Crippen MR) is 62.8 cm³/mol. The fourth-order valence-electron chi connectivity index (χ4n) is 2.26. The summed E-state index contributed by atoms with van der Waals surface area (Å²) in [5.41, 5.74) is 2.81. The molecule has 0 spiro atoms. The molecule has 17 heavy (non-hydrogen) atoms. The van der Waals surface area contributed by atoms with Gasteiger partial charge in [0.15, 0.2) is 0 Å². The molecule has 1 N–H and O–H groups in total. The first-order valence-corrected chi connectivity index (χ1v) is 5.99. The second-order valence-electron chi connectivity index (χ2n) is 4.30. The molecule has 0 aliphatic heterocycles. The lowest BCUT2D eigenvalue weighted by Gasteiger charge is -2.22. The minimum Gasteiger partial charge on any atom is -0.462 e. The number of aliphatic hydroxyl groups is 1. The summed E-state index contributed by atoms with van der Waals surface area (Å²) in [6, 6.07) is 1.74. The Morgan fingerprint density at radius 3 is 3.12 bits per heavy atom. The maximum absolute atomic E-state index is 11.8. The van der Waals surface area contributed by atoms with E-state index >= 15 is 0 Å². The Bertz CT molecular complexity index is 443. The lowest BCUT2D eigenvalue weighted by molar-refractivity contribution is 0.0523. The number of rotatable bonds is 2. The minimum absolute atomic E-state index is 0.316. The van der Waals surface area contributed by atoms with Crippen molar-refractivity contribution in [3.63, 3.8) is 0 Å². The highest BCUT2D eigenvalue weighted by molar-refractivity contribution is 5.91. The van der Waals surface area contributed by atoms with Crippen LogP contribution in [0, 0.1) is 6.92 Å². The number of pyridine rings is 1. The van der Waals surface area contributed by atoms with Crippen LogP contribution in [0.15, 0.2) is 6.07 Å². The Hall–Kier alpha value is -1.42. The quantitative estimate of drug-likeness (QED) is 0.796. The smallest absolute Gasteiger partial charge is 0.338 e. The highest BCUT2D eigenvalue weighted by atomic mass is 16.5. The molecule has 1 aliphatic carbocycles. The van der Waals surface area contributed by atoms with E-state index in [0.29, 0.717) is 24.3 Å². The van der Waals surface area contributed by atoms with Gasteiger partial charge in [-0.2, -0.15) is 0 Å². The maximum atomic E-state index is 11.8. The van der Waals surface area contributed by atoms with E-state index in [1.165, 1.54) is 0 Å². The minimum atomic E-state index is -0.549. The fraction of sp³-hybridized carbons (Fsp3) is 0.538. The Balaban J connectivity index is 2.48. The van der Waals surface area contributed by atoms with Crippen LogP contribution < -0.4 is 0 Å². The number of carbonyl (C=O) groups is 1. The van der Waals surface area contributed by atoms with E-state index in [0.717, 1.165) is 24.1 Å². The molecule has 1 aromatic rings. The van der Waals surface area contributed by atoms with Crippen molar-refractivity contribution in [2.75, 3.05) is 6.61 Å². The number of aromatic nitrogens is 1. The molecular weight excluding hydrogens is 218 g/mol. The van der Waals surface area contributed by atoms with Crippen LogP contribution in [-0.4, -0.2) is 22.7 Å². The Labute approximate surface area is 101 Å². The van der Waals surface area contributed by atoms with Crippen molar-refractivity contribution in [2.24, 2.45) is 0 Å². The molecule has 1 aliphatic rings. The molecular formula is C13H17NO3. The van der Waals surface area contributed by atoms with Crippen LogP contribution >= 0.6 is 0 Å². The second-order valence-corrected chi connectivity index (χ2v) is 4.30. The van der Waals surface area contributed by atoms with Gasteiger partial charge in [0.25, 0.3) is 0 Å². The van der Waals surface area contributed by atoms with Gasteiger partial charge < -0.3 is 9.84 Å². The van der Waals surface area contributed by atoms with Gasteiger partial charge in [0.1, 0.15) is 0 Å². The van der Waals surface area contributed by atoms with Gasteiger partial charge >= 0.3 is 5.97 Å². The highest BCUT2D eigenvalue weighted by Crippen LogP contribution is 2.31. The first-order valence-electron chi connectivity index (χ1n) is 5.99. The number of nitrogens with zero attached hydrogens (tertiary/aromatic N) is 1. The summed E-state index contributed by atoms with van der Waals surface area (Å²) in [4.78, 5) is 16.2. The molecule has 0 amide bonds. The second kappa shape index (κ2) is 4.84. The number of hydrogen-bond acceptors (Lipinski definition) is 4. The lowest BCUT2D eigenvalue weighted by atomic mass is 9.90. The maximum Gasteiger partial charge on any atom is 0.338 e. The molecule has 92 valence electrons. The Morgan fingerprint density at radius 1 is 1.65 bits per heavy atom. The Morgan fingerprint density at radius 2 is 2.41 bits per heavy atom. The van der Waals surface area contributed by atoms with Crippen LogP contribution in [0.5, 0.6) is 0 Å². The summed E-state index contributed by atoms with van der Waals surface area (Å²) in [6.45, 7) is 3.97. The summed E-state index contributed by atoms with van der Waals surface area (Å²) in [6.07, 6.45) is 1.83. The molecule has 0 radical (unpaired) electrons. The van der Waals surface area contributed by atoms with E-state index in [1.54, 1.807) is 13.0 Å². The molecule has 1 unspecified atom stereocenters. The summed E-state index contributed by atoms with van der Waals surface area (Å²) in [7, 11) is 0. The molecule has 0 fully saturated rings. The SMILES string of the molecule is CCOC(=O)c1cc(C)nc2c1CCCC2O. The number of aliphatic hydroxyl groups excluding tert-OH is 1. The van der Waals surface area contributed by atoms with Gasteiger partial charge in [-0.15, -0.1) is 0 Å². The predicted octanol–water partition coefficient (Wildman–Crippen LogP) is 1.94. The molecule has 4 nitrogen and oxygen atoms in total. The number of ether oxygens (including phenoxy) is 1. The number of fused-ring (bicyclic) bond motifs is 1. The van der Waals surface area contributed by atoms with E-state index in [2.05, 4.69) is 4.98 Å². The standard InChI is InChI=1S/C13H17NO3/c1-3-17-13(16)10-7-8(2)14-12-9(10)5-4-6-11(12)15/h7,11,15H,3-6H2,1-2H3. The van der Waals surface area contributed by atoms with Gasteiger partial charge in [-0.3, -0.25) is 4.98 Å². The topological polar surface area (TPSA) is 59.4 Å². The third kappa shape index (κ3) is 2.31. The monoisotopic (exact) mass is 235 g/mol. The molecule has 1 heterocycles. The van der Waals surface area contributed by atoms with Gasteiger partial charge in [-0.05, 0) is 44.7 Å². The molecule has 1 aromatic heterocycles. The van der Waals surface area contributed by atoms with Gasteiger partial charge in [-0.1, -0.05) is 0 Å². The molecule has 1 atom stereocenters. The van der Waals surface area contributed by atoms with Crippen LogP contribution in [-0.2, 0) is 11.2 Å². The van der Waals surface area contributed by atoms with Crippen LogP contribution in [0.4, 0.5) is 0 Å². The summed E-state index contributed by atoms with van der Waals surface area (Å²) in [5.74, 6) is -0.316. The third-order valence-corrected chi connectivity index (χ3v) is 3.00. The van der Waals surface area contributed by atoms with E-state index in [9.17, 15) is 9.90 Å². The zero-order valence-corrected chi connectivity index (χ0v) is 10.2. The third-order valence-electron chi connectivity index (χ3n) is 3.00. The lowest BCUT2D eigenvalue weighted by Crippen LogP contribution is -2.18. The summed E-state index contributed by atoms with van der Waals surface area (Å²) < 4.78 is 5.04. The van der Waals surface area contributed by atoms with Crippen molar-refractivity contribution in [3.8, 4) is 0 Å². The average Bonchev–Trinajstić information content (AvgIpc) is 2.30. The Kier molecular flexibility index (Phi) is 3.43. The van der Waals surface area contributed by atoms with Gasteiger partial charge in [0.05, 0.1) is 24.0 Å². The highest BCUT2D eigenvalue weighted by Gasteiger charge is 2.25. The zero-order chi connectivity index (χ0) is 12.4. The van der Waals surface area contributed by atoms with Crippen LogP contribution in [0.3, 0.4) is 0 Å². The first-order chi connectivity index (χ1) is 8.13. The molecule has 0 saturated heterocycles. The van der Waals surface area contributed by atoms with E-state index in [-0.39, 0.29) is 5.97 Å². The largest absolute Gasteiger partial charge is 0.462 e.